The van der Waals surface area contributed by atoms with Gasteiger partial charge in [0.05, 0.1) is 17.1 Å². The SMILES string of the molecule is CCCNC(=O)[C@H]1CN(S(=O)(=O)c2ccc3c(c2)CCCN3C(C)=O)c2ccccc2O1. The van der Waals surface area contributed by atoms with Crippen molar-refractivity contribution in [2.24, 2.45) is 0 Å². The molecule has 170 valence electrons. The molecule has 2 aromatic rings. The molecule has 2 aliphatic heterocycles. The fourth-order valence-electron chi connectivity index (χ4n) is 4.12. The summed E-state index contributed by atoms with van der Waals surface area (Å²) in [6.45, 7) is 4.45. The van der Waals surface area contributed by atoms with Crippen LogP contribution in [-0.4, -0.2) is 46.0 Å². The van der Waals surface area contributed by atoms with Gasteiger partial charge in [0, 0.05) is 25.7 Å². The lowest BCUT2D eigenvalue weighted by atomic mass is 10.0. The predicted molar refractivity (Wildman–Crippen MR) is 121 cm³/mol. The Morgan fingerprint density at radius 3 is 2.69 bits per heavy atom. The van der Waals surface area contributed by atoms with Gasteiger partial charge >= 0.3 is 0 Å². The average Bonchev–Trinajstić information content (AvgIpc) is 2.80. The number of hydrogen-bond acceptors (Lipinski definition) is 5. The third-order valence-corrected chi connectivity index (χ3v) is 7.49. The number of hydrogen-bond donors (Lipinski definition) is 1. The Labute approximate surface area is 188 Å². The van der Waals surface area contributed by atoms with E-state index in [0.29, 0.717) is 30.9 Å². The third-order valence-electron chi connectivity index (χ3n) is 5.71. The molecule has 8 nitrogen and oxygen atoms in total. The van der Waals surface area contributed by atoms with Crippen LogP contribution in [0.2, 0.25) is 0 Å². The number of carbonyl (C=O) groups is 2. The van der Waals surface area contributed by atoms with Crippen molar-refractivity contribution < 1.29 is 22.7 Å². The highest BCUT2D eigenvalue weighted by Gasteiger charge is 2.37. The average molecular weight is 458 g/mol. The van der Waals surface area contributed by atoms with Crippen molar-refractivity contribution in [3.05, 3.63) is 48.0 Å². The number of benzene rings is 2. The van der Waals surface area contributed by atoms with Crippen molar-refractivity contribution >= 4 is 33.2 Å². The fourth-order valence-corrected chi connectivity index (χ4v) is 5.64. The number of para-hydroxylation sites is 2. The van der Waals surface area contributed by atoms with Crippen molar-refractivity contribution in [1.82, 2.24) is 5.32 Å². The molecule has 0 aromatic heterocycles. The van der Waals surface area contributed by atoms with Gasteiger partial charge in [0.1, 0.15) is 5.75 Å². The second-order valence-electron chi connectivity index (χ2n) is 7.97. The van der Waals surface area contributed by atoms with E-state index in [1.54, 1.807) is 41.3 Å². The summed E-state index contributed by atoms with van der Waals surface area (Å²) in [5, 5.41) is 2.78. The molecule has 4 rings (SSSR count). The van der Waals surface area contributed by atoms with E-state index in [9.17, 15) is 18.0 Å². The predicted octanol–water partition coefficient (Wildman–Crippen LogP) is 2.47. The second-order valence-corrected chi connectivity index (χ2v) is 9.83. The molecule has 0 fully saturated rings. The molecule has 2 heterocycles. The van der Waals surface area contributed by atoms with Crippen LogP contribution in [0.1, 0.15) is 32.3 Å². The fraction of sp³-hybridized carbons (Fsp3) is 0.391. The summed E-state index contributed by atoms with van der Waals surface area (Å²) >= 11 is 0. The highest BCUT2D eigenvalue weighted by atomic mass is 32.2. The Hall–Kier alpha value is -3.07. The minimum absolute atomic E-state index is 0.0652. The number of ether oxygens (including phenoxy) is 1. The minimum Gasteiger partial charge on any atom is -0.476 e. The summed E-state index contributed by atoms with van der Waals surface area (Å²) in [5.41, 5.74) is 1.98. The number of anilines is 2. The number of nitrogens with zero attached hydrogens (tertiary/aromatic N) is 2. The zero-order valence-corrected chi connectivity index (χ0v) is 19.0. The first-order valence-electron chi connectivity index (χ1n) is 10.8. The van der Waals surface area contributed by atoms with E-state index in [4.69, 9.17) is 4.74 Å². The Bertz CT molecular complexity index is 1150. The Balaban J connectivity index is 1.71. The highest BCUT2D eigenvalue weighted by Crippen LogP contribution is 2.38. The van der Waals surface area contributed by atoms with Gasteiger partial charge in [-0.1, -0.05) is 19.1 Å². The van der Waals surface area contributed by atoms with Crippen LogP contribution in [0, 0.1) is 0 Å². The molecule has 32 heavy (non-hydrogen) atoms. The number of rotatable bonds is 5. The van der Waals surface area contributed by atoms with Gasteiger partial charge in [-0.05, 0) is 55.2 Å². The van der Waals surface area contributed by atoms with E-state index < -0.39 is 16.1 Å². The minimum atomic E-state index is -3.96. The molecule has 2 aliphatic rings. The Kier molecular flexibility index (Phi) is 6.10. The Morgan fingerprint density at radius 2 is 1.94 bits per heavy atom. The van der Waals surface area contributed by atoms with Crippen molar-refractivity contribution in [3.63, 3.8) is 0 Å². The molecule has 0 aliphatic carbocycles. The molecule has 1 atom stereocenters. The third kappa shape index (κ3) is 4.04. The van der Waals surface area contributed by atoms with Crippen molar-refractivity contribution in [2.45, 2.75) is 44.1 Å². The zero-order chi connectivity index (χ0) is 22.9. The topological polar surface area (TPSA) is 96.0 Å². The summed E-state index contributed by atoms with van der Waals surface area (Å²) < 4.78 is 34.4. The molecule has 0 spiro atoms. The molecule has 0 unspecified atom stereocenters. The van der Waals surface area contributed by atoms with E-state index >= 15 is 0 Å². The highest BCUT2D eigenvalue weighted by molar-refractivity contribution is 7.92. The molecule has 9 heteroatoms. The molecular formula is C23H27N3O5S. The van der Waals surface area contributed by atoms with E-state index in [2.05, 4.69) is 5.32 Å². The van der Waals surface area contributed by atoms with Gasteiger partial charge in [0.25, 0.3) is 15.9 Å². The van der Waals surface area contributed by atoms with Crippen LogP contribution < -0.4 is 19.3 Å². The quantitative estimate of drug-likeness (QED) is 0.744. The molecule has 0 bridgehead atoms. The number of sulfonamides is 1. The first-order valence-corrected chi connectivity index (χ1v) is 12.2. The van der Waals surface area contributed by atoms with Gasteiger partial charge in [0.15, 0.2) is 6.10 Å². The maximum absolute atomic E-state index is 13.7. The lowest BCUT2D eigenvalue weighted by Crippen LogP contribution is -2.50. The number of amides is 2. The van der Waals surface area contributed by atoms with Crippen molar-refractivity contribution in [3.8, 4) is 5.75 Å². The van der Waals surface area contributed by atoms with Gasteiger partial charge in [-0.15, -0.1) is 0 Å². The van der Waals surface area contributed by atoms with Gasteiger partial charge in [0.2, 0.25) is 5.91 Å². The van der Waals surface area contributed by atoms with Crippen LogP contribution >= 0.6 is 0 Å². The van der Waals surface area contributed by atoms with Gasteiger partial charge in [-0.2, -0.15) is 0 Å². The maximum Gasteiger partial charge on any atom is 0.264 e. The summed E-state index contributed by atoms with van der Waals surface area (Å²) in [4.78, 5) is 26.3. The molecule has 2 aromatic carbocycles. The number of nitrogens with one attached hydrogen (secondary N) is 1. The van der Waals surface area contributed by atoms with Crippen LogP contribution in [0.5, 0.6) is 5.75 Å². The summed E-state index contributed by atoms with van der Waals surface area (Å²) in [6, 6.07) is 11.7. The summed E-state index contributed by atoms with van der Waals surface area (Å²) in [7, 11) is -3.96. The van der Waals surface area contributed by atoms with Gasteiger partial charge in [-0.25, -0.2) is 8.42 Å². The van der Waals surface area contributed by atoms with E-state index in [0.717, 1.165) is 24.1 Å². The molecule has 0 radical (unpaired) electrons. The molecular weight excluding hydrogens is 430 g/mol. The standard InChI is InChI=1S/C23H27N3O5S/c1-3-12-24-23(28)22-15-26(20-8-4-5-9-21(20)31-22)32(29,30)18-10-11-19-17(14-18)7-6-13-25(19)16(2)27/h4-5,8-11,14,22H,3,6-7,12-13,15H2,1-2H3,(H,24,28)/t22-/m1/s1. The normalized spacial score (nSPS) is 17.8. The van der Waals surface area contributed by atoms with E-state index in [1.165, 1.54) is 17.3 Å². The molecule has 0 saturated heterocycles. The van der Waals surface area contributed by atoms with E-state index in [1.807, 2.05) is 6.92 Å². The first-order chi connectivity index (χ1) is 15.3. The van der Waals surface area contributed by atoms with Crippen LogP contribution in [0.25, 0.3) is 0 Å². The lowest BCUT2D eigenvalue weighted by molar-refractivity contribution is -0.127. The molecule has 2 amide bonds. The molecule has 1 N–H and O–H groups in total. The van der Waals surface area contributed by atoms with Crippen LogP contribution in [0.15, 0.2) is 47.4 Å². The van der Waals surface area contributed by atoms with E-state index in [-0.39, 0.29) is 23.3 Å². The smallest absolute Gasteiger partial charge is 0.264 e. The van der Waals surface area contributed by atoms with Crippen molar-refractivity contribution in [2.75, 3.05) is 28.8 Å². The zero-order valence-electron chi connectivity index (χ0n) is 18.2. The number of carbonyl (C=O) groups excluding carboxylic acids is 2. The monoisotopic (exact) mass is 457 g/mol. The summed E-state index contributed by atoms with van der Waals surface area (Å²) in [5.74, 6) is -0.0617. The maximum atomic E-state index is 13.7. The second kappa shape index (κ2) is 8.82. The van der Waals surface area contributed by atoms with Crippen molar-refractivity contribution in [1.29, 1.82) is 0 Å². The van der Waals surface area contributed by atoms with Gasteiger partial charge < -0.3 is 15.0 Å². The number of aryl methyl sites for hydroxylation is 1. The largest absolute Gasteiger partial charge is 0.476 e. The van der Waals surface area contributed by atoms with Gasteiger partial charge in [-0.3, -0.25) is 13.9 Å². The molecule has 0 saturated carbocycles. The van der Waals surface area contributed by atoms with Crippen LogP contribution in [-0.2, 0) is 26.0 Å². The Morgan fingerprint density at radius 1 is 1.16 bits per heavy atom. The summed E-state index contributed by atoms with van der Waals surface area (Å²) in [6.07, 6.45) is 1.29. The first kappa shape index (κ1) is 22.1. The van der Waals surface area contributed by atoms with Crippen LogP contribution in [0.4, 0.5) is 11.4 Å². The van der Waals surface area contributed by atoms with Crippen LogP contribution in [0.3, 0.4) is 0 Å². The number of fused-ring (bicyclic) bond motifs is 2. The lowest BCUT2D eigenvalue weighted by Gasteiger charge is -2.35.